The highest BCUT2D eigenvalue weighted by molar-refractivity contribution is 7.41. The third-order valence-corrected chi connectivity index (χ3v) is 21.2. The van der Waals surface area contributed by atoms with Crippen molar-refractivity contribution in [2.24, 2.45) is 17.8 Å². The van der Waals surface area contributed by atoms with E-state index in [2.05, 4.69) is 309 Å². The smallest absolute Gasteiger partial charge is 0.312 e. The van der Waals surface area contributed by atoms with Gasteiger partial charge in [0, 0.05) is 16.2 Å². The summed E-state index contributed by atoms with van der Waals surface area (Å²) in [5.41, 5.74) is 13.2. The molecule has 0 bridgehead atoms. The molecule has 0 saturated heterocycles. The molecule has 0 saturated carbocycles. The highest BCUT2D eigenvalue weighted by atomic mass is 31.2. The molecule has 0 radical (unpaired) electrons. The standard InChI is InChI=1S/C87H123O3P/c1-25-31-34-76(85(28-4,70-49-37-64(38-50-70)79(7,8)9)71-51-39-65(40-52-71)80(10,11)12)61-88-91(89-62-77(35-32-26-2)86(29-5,72-53-41-66(42-54-72)81(13,14)15)73-55-43-67(44-56-73)82(16,17)18)90-63-78(36-33-27-3)87(30-6,74-57-45-68(46-58-74)83(19,20)21)75-59-47-69(48-60-75)84(22,23)24/h28-30,37-60,76-78H,4-6,25-27,31-36,61-63H2,1-3,7-24H3. The van der Waals surface area contributed by atoms with E-state index in [1.165, 1.54) is 66.8 Å². The average Bonchev–Trinajstić information content (AvgIpc) is 0.830. The van der Waals surface area contributed by atoms with Gasteiger partial charge in [0.2, 0.25) is 0 Å². The maximum atomic E-state index is 7.67. The molecular formula is C87H123O3P. The summed E-state index contributed by atoms with van der Waals surface area (Å²) in [5, 5.41) is 0. The molecule has 3 atom stereocenters. The second kappa shape index (κ2) is 30.9. The Bertz CT molecular complexity index is 2670. The van der Waals surface area contributed by atoms with Crippen LogP contribution in [0.4, 0.5) is 0 Å². The minimum Gasteiger partial charge on any atom is -0.312 e. The highest BCUT2D eigenvalue weighted by Gasteiger charge is 2.45. The van der Waals surface area contributed by atoms with E-state index in [1.54, 1.807) is 0 Å². The van der Waals surface area contributed by atoms with E-state index < -0.39 is 24.8 Å². The van der Waals surface area contributed by atoms with Crippen molar-refractivity contribution in [3.8, 4) is 0 Å². The Kier molecular flexibility index (Phi) is 25.5. The molecule has 0 fully saturated rings. The van der Waals surface area contributed by atoms with Crippen LogP contribution in [0.1, 0.15) is 270 Å². The van der Waals surface area contributed by atoms with E-state index >= 15 is 0 Å². The second-order valence-corrected chi connectivity index (χ2v) is 34.0. The van der Waals surface area contributed by atoms with Gasteiger partial charge in [-0.25, -0.2) is 0 Å². The monoisotopic (exact) mass is 1250 g/mol. The van der Waals surface area contributed by atoms with E-state index in [1.807, 2.05) is 0 Å². The van der Waals surface area contributed by atoms with Gasteiger partial charge in [0.05, 0.1) is 19.8 Å². The molecule has 494 valence electrons. The fraction of sp³-hybridized carbons (Fsp3) is 0.517. The summed E-state index contributed by atoms with van der Waals surface area (Å²) in [6.07, 6.45) is 15.6. The second-order valence-electron chi connectivity index (χ2n) is 32.8. The fourth-order valence-electron chi connectivity index (χ4n) is 13.8. The van der Waals surface area contributed by atoms with Crippen molar-refractivity contribution in [3.63, 3.8) is 0 Å². The normalized spacial score (nSPS) is 14.6. The van der Waals surface area contributed by atoms with Gasteiger partial charge in [-0.1, -0.05) is 348 Å². The maximum Gasteiger partial charge on any atom is 0.332 e. The van der Waals surface area contributed by atoms with Gasteiger partial charge in [0.15, 0.2) is 0 Å². The van der Waals surface area contributed by atoms with Crippen LogP contribution in [-0.4, -0.2) is 19.8 Å². The summed E-state index contributed by atoms with van der Waals surface area (Å²) in [7, 11) is -2.00. The van der Waals surface area contributed by atoms with Crippen molar-refractivity contribution in [2.45, 2.75) is 252 Å². The summed E-state index contributed by atoms with van der Waals surface area (Å²) < 4.78 is 23.0. The van der Waals surface area contributed by atoms with E-state index in [-0.39, 0.29) is 50.2 Å². The van der Waals surface area contributed by atoms with Gasteiger partial charge in [-0.3, -0.25) is 0 Å². The molecule has 0 aromatic heterocycles. The van der Waals surface area contributed by atoms with E-state index in [0.29, 0.717) is 19.8 Å². The summed E-state index contributed by atoms with van der Waals surface area (Å²) in [6, 6.07) is 56.3. The average molecular weight is 1250 g/mol. The summed E-state index contributed by atoms with van der Waals surface area (Å²) in [6.45, 7) is 63.7. The Morgan fingerprint density at radius 2 is 0.418 bits per heavy atom. The molecule has 3 nitrogen and oxygen atoms in total. The largest absolute Gasteiger partial charge is 0.332 e. The van der Waals surface area contributed by atoms with Gasteiger partial charge >= 0.3 is 8.60 Å². The van der Waals surface area contributed by atoms with E-state index in [9.17, 15) is 0 Å². The van der Waals surface area contributed by atoms with Crippen LogP contribution in [0.5, 0.6) is 0 Å². The van der Waals surface area contributed by atoms with Gasteiger partial charge in [-0.15, -0.1) is 19.7 Å². The number of rotatable bonds is 30. The van der Waals surface area contributed by atoms with Crippen molar-refractivity contribution >= 4 is 8.60 Å². The molecule has 91 heavy (non-hydrogen) atoms. The van der Waals surface area contributed by atoms with Crippen molar-refractivity contribution in [2.75, 3.05) is 19.8 Å². The third-order valence-electron chi connectivity index (χ3n) is 20.1. The van der Waals surface area contributed by atoms with Gasteiger partial charge in [0.25, 0.3) is 0 Å². The molecule has 0 heterocycles. The number of hydrogen-bond donors (Lipinski definition) is 0. The van der Waals surface area contributed by atoms with Gasteiger partial charge < -0.3 is 13.6 Å². The van der Waals surface area contributed by atoms with Crippen LogP contribution in [0.3, 0.4) is 0 Å². The molecule has 0 spiro atoms. The first-order chi connectivity index (χ1) is 42.6. The predicted molar refractivity (Wildman–Crippen MR) is 398 cm³/mol. The van der Waals surface area contributed by atoms with Crippen LogP contribution in [0.2, 0.25) is 0 Å². The lowest BCUT2D eigenvalue weighted by atomic mass is 9.64. The molecule has 0 N–H and O–H groups in total. The Balaban J connectivity index is 1.60. The van der Waals surface area contributed by atoms with Crippen LogP contribution in [-0.2, 0) is 62.3 Å². The topological polar surface area (TPSA) is 27.7 Å². The van der Waals surface area contributed by atoms with Crippen molar-refractivity contribution in [1.82, 2.24) is 0 Å². The summed E-state index contributed by atoms with van der Waals surface area (Å²) >= 11 is 0. The van der Waals surface area contributed by atoms with Gasteiger partial charge in [-0.2, -0.15) is 0 Å². The van der Waals surface area contributed by atoms with Gasteiger partial charge in [-0.05, 0) is 136 Å². The summed E-state index contributed by atoms with van der Waals surface area (Å²) in [4.78, 5) is 0. The zero-order valence-electron chi connectivity index (χ0n) is 61.1. The van der Waals surface area contributed by atoms with E-state index in [4.69, 9.17) is 33.3 Å². The predicted octanol–water partition coefficient (Wildman–Crippen LogP) is 25.0. The van der Waals surface area contributed by atoms with Gasteiger partial charge in [0.1, 0.15) is 0 Å². The number of allylic oxidation sites excluding steroid dienone is 3. The lowest BCUT2D eigenvalue weighted by molar-refractivity contribution is 0.0904. The molecule has 3 unspecified atom stereocenters. The zero-order valence-corrected chi connectivity index (χ0v) is 62.0. The third kappa shape index (κ3) is 17.8. The van der Waals surface area contributed by atoms with Crippen LogP contribution >= 0.6 is 8.60 Å². The molecule has 0 aliphatic carbocycles. The first-order valence-corrected chi connectivity index (χ1v) is 36.0. The molecule has 6 aromatic rings. The minimum atomic E-state index is -2.00. The number of benzene rings is 6. The van der Waals surface area contributed by atoms with Crippen LogP contribution in [0.15, 0.2) is 184 Å². The molecule has 6 rings (SSSR count). The molecule has 0 aliphatic rings. The fourth-order valence-corrected chi connectivity index (χ4v) is 15.0. The lowest BCUT2D eigenvalue weighted by Crippen LogP contribution is -2.39. The molecule has 6 aromatic carbocycles. The summed E-state index contributed by atoms with van der Waals surface area (Å²) in [5.74, 6) is -0.0840. The van der Waals surface area contributed by atoms with Crippen molar-refractivity contribution in [1.29, 1.82) is 0 Å². The Labute approximate surface area is 558 Å². The van der Waals surface area contributed by atoms with Crippen molar-refractivity contribution < 1.29 is 13.6 Å². The molecular weight excluding hydrogens is 1120 g/mol. The number of hydrogen-bond acceptors (Lipinski definition) is 3. The van der Waals surface area contributed by atoms with Crippen LogP contribution in [0.25, 0.3) is 0 Å². The Morgan fingerprint density at radius 3 is 0.538 bits per heavy atom. The highest BCUT2D eigenvalue weighted by Crippen LogP contribution is 2.53. The first-order valence-electron chi connectivity index (χ1n) is 34.9. The Morgan fingerprint density at radius 1 is 0.275 bits per heavy atom. The SMILES string of the molecule is C=CC(c1ccc(C(C)(C)C)cc1)(c1ccc(C(C)(C)C)cc1)C(CCCC)COP(OCC(CCCC)C(C=C)(c1ccc(C(C)(C)C)cc1)c1ccc(C(C)(C)C)cc1)OCC(CCCC)C(C=C)(c1ccc(C(C)(C)C)cc1)c1ccc(C(C)(C)C)cc1. The molecule has 4 heteroatoms. The quantitative estimate of drug-likeness (QED) is 0.0332. The maximum absolute atomic E-state index is 7.67. The van der Waals surface area contributed by atoms with E-state index in [0.717, 1.165) is 57.8 Å². The van der Waals surface area contributed by atoms with Crippen molar-refractivity contribution in [3.05, 3.63) is 250 Å². The first kappa shape index (κ1) is 74.9. The molecule has 0 amide bonds. The lowest BCUT2D eigenvalue weighted by Gasteiger charge is -2.42. The van der Waals surface area contributed by atoms with Crippen LogP contribution < -0.4 is 0 Å². The zero-order chi connectivity index (χ0) is 67.4. The molecule has 0 aliphatic heterocycles. The Hall–Kier alpha value is -5.15. The van der Waals surface area contributed by atoms with Crippen LogP contribution in [0, 0.1) is 17.8 Å². The number of unbranched alkanes of at least 4 members (excludes halogenated alkanes) is 3. The minimum absolute atomic E-state index is 0.00712.